The van der Waals surface area contributed by atoms with Crippen LogP contribution in [0, 0.1) is 0 Å². The second kappa shape index (κ2) is 3.97. The van der Waals surface area contributed by atoms with Crippen LogP contribution in [-0.2, 0) is 11.2 Å². The molecule has 0 atom stereocenters. The molecule has 1 aromatic carbocycles. The van der Waals surface area contributed by atoms with Gasteiger partial charge >= 0.3 is 0 Å². The third-order valence-corrected chi connectivity index (χ3v) is 1.59. The van der Waals surface area contributed by atoms with Crippen LogP contribution in [-0.4, -0.2) is 5.94 Å². The van der Waals surface area contributed by atoms with Crippen molar-refractivity contribution in [1.29, 1.82) is 0 Å². The SMILES string of the molecule is O=C=CCc1ccc(Cl)cc1. The van der Waals surface area contributed by atoms with E-state index < -0.39 is 0 Å². The summed E-state index contributed by atoms with van der Waals surface area (Å²) >= 11 is 5.66. The first-order valence-electron chi connectivity index (χ1n) is 3.26. The number of allylic oxidation sites excluding steroid dienone is 1. The summed E-state index contributed by atoms with van der Waals surface area (Å²) in [6.07, 6.45) is 2.07. The second-order valence-corrected chi connectivity index (χ2v) is 2.59. The van der Waals surface area contributed by atoms with Gasteiger partial charge in [-0.15, -0.1) is 0 Å². The van der Waals surface area contributed by atoms with Crippen LogP contribution in [0.25, 0.3) is 0 Å². The van der Waals surface area contributed by atoms with Gasteiger partial charge in [0.25, 0.3) is 0 Å². The maximum Gasteiger partial charge on any atom is 0.120 e. The Kier molecular flexibility index (Phi) is 2.91. The van der Waals surface area contributed by atoms with Crippen molar-refractivity contribution in [3.8, 4) is 0 Å². The Morgan fingerprint density at radius 2 is 2.00 bits per heavy atom. The zero-order valence-electron chi connectivity index (χ0n) is 5.88. The van der Waals surface area contributed by atoms with Crippen molar-refractivity contribution < 1.29 is 4.79 Å². The van der Waals surface area contributed by atoms with E-state index in [0.29, 0.717) is 11.4 Å². The number of carbonyl (C=O) groups excluding carboxylic acids is 1. The number of hydrogen-bond donors (Lipinski definition) is 0. The molecule has 0 N–H and O–H groups in total. The topological polar surface area (TPSA) is 17.1 Å². The molecule has 0 spiro atoms. The van der Waals surface area contributed by atoms with Crippen molar-refractivity contribution in [2.75, 3.05) is 0 Å². The minimum absolute atomic E-state index is 0.626. The summed E-state index contributed by atoms with van der Waals surface area (Å²) in [5, 5.41) is 0.712. The van der Waals surface area contributed by atoms with E-state index in [2.05, 4.69) is 0 Å². The first-order valence-corrected chi connectivity index (χ1v) is 3.64. The highest BCUT2D eigenvalue weighted by molar-refractivity contribution is 6.30. The van der Waals surface area contributed by atoms with Crippen LogP contribution in [0.2, 0.25) is 5.02 Å². The van der Waals surface area contributed by atoms with Crippen LogP contribution < -0.4 is 0 Å². The molecular weight excluding hydrogens is 160 g/mol. The van der Waals surface area contributed by atoms with Crippen LogP contribution in [0.1, 0.15) is 5.56 Å². The standard InChI is InChI=1S/C9H7ClO/c10-9-5-3-8(4-6-9)2-1-7-11/h1,3-6H,2H2. The minimum atomic E-state index is 0.626. The van der Waals surface area contributed by atoms with Crippen molar-refractivity contribution >= 4 is 17.5 Å². The molecule has 0 saturated heterocycles. The number of halogens is 1. The second-order valence-electron chi connectivity index (χ2n) is 2.15. The predicted octanol–water partition coefficient (Wildman–Crippen LogP) is 2.27. The van der Waals surface area contributed by atoms with Gasteiger partial charge in [0.05, 0.1) is 0 Å². The van der Waals surface area contributed by atoms with E-state index in [1.165, 1.54) is 6.08 Å². The van der Waals surface area contributed by atoms with Gasteiger partial charge in [-0.05, 0) is 17.7 Å². The third kappa shape index (κ3) is 2.58. The molecule has 0 aromatic heterocycles. The molecule has 0 amide bonds. The molecule has 1 nitrogen and oxygen atoms in total. The molecule has 11 heavy (non-hydrogen) atoms. The molecule has 0 aliphatic carbocycles. The van der Waals surface area contributed by atoms with E-state index in [0.717, 1.165) is 5.56 Å². The molecule has 0 heterocycles. The van der Waals surface area contributed by atoms with Crippen LogP contribution in [0.3, 0.4) is 0 Å². The molecule has 0 saturated carbocycles. The van der Waals surface area contributed by atoms with Crippen LogP contribution in [0.4, 0.5) is 0 Å². The maximum atomic E-state index is 9.84. The molecule has 1 rings (SSSR count). The van der Waals surface area contributed by atoms with Crippen molar-refractivity contribution in [2.45, 2.75) is 6.42 Å². The fraction of sp³-hybridized carbons (Fsp3) is 0.111. The monoisotopic (exact) mass is 166 g/mol. The van der Waals surface area contributed by atoms with Crippen molar-refractivity contribution in [3.63, 3.8) is 0 Å². The Labute approximate surface area is 70.3 Å². The highest BCUT2D eigenvalue weighted by atomic mass is 35.5. The molecular formula is C9H7ClO. The Hall–Kier alpha value is -1.04. The summed E-state index contributed by atoms with van der Waals surface area (Å²) in [7, 11) is 0. The van der Waals surface area contributed by atoms with E-state index in [4.69, 9.17) is 11.6 Å². The Bertz CT molecular complexity index is 270. The number of rotatable bonds is 2. The number of benzene rings is 1. The molecule has 56 valence electrons. The fourth-order valence-corrected chi connectivity index (χ4v) is 0.906. The van der Waals surface area contributed by atoms with E-state index in [1.807, 2.05) is 12.1 Å². The highest BCUT2D eigenvalue weighted by Gasteiger charge is 1.88. The van der Waals surface area contributed by atoms with Gasteiger partial charge in [-0.1, -0.05) is 23.7 Å². The van der Waals surface area contributed by atoms with Crippen LogP contribution in [0.5, 0.6) is 0 Å². The average molecular weight is 167 g/mol. The predicted molar refractivity (Wildman–Crippen MR) is 45.4 cm³/mol. The van der Waals surface area contributed by atoms with Crippen molar-refractivity contribution in [3.05, 3.63) is 40.9 Å². The molecule has 0 unspecified atom stereocenters. The molecule has 0 fully saturated rings. The Balaban J connectivity index is 2.73. The maximum absolute atomic E-state index is 9.84. The Morgan fingerprint density at radius 1 is 1.36 bits per heavy atom. The van der Waals surface area contributed by atoms with Gasteiger partial charge in [0.1, 0.15) is 5.94 Å². The van der Waals surface area contributed by atoms with E-state index in [-0.39, 0.29) is 0 Å². The van der Waals surface area contributed by atoms with Gasteiger partial charge in [-0.2, -0.15) is 0 Å². The van der Waals surface area contributed by atoms with Gasteiger partial charge < -0.3 is 0 Å². The summed E-state index contributed by atoms with van der Waals surface area (Å²) in [4.78, 5) is 9.84. The first kappa shape index (κ1) is 8.06. The molecule has 0 aliphatic rings. The molecule has 0 aliphatic heterocycles. The Morgan fingerprint density at radius 3 is 2.55 bits per heavy atom. The quantitative estimate of drug-likeness (QED) is 0.616. The largest absolute Gasteiger partial charge is 0.234 e. The lowest BCUT2D eigenvalue weighted by molar-refractivity contribution is 0.568. The van der Waals surface area contributed by atoms with Crippen LogP contribution >= 0.6 is 11.6 Å². The minimum Gasteiger partial charge on any atom is -0.234 e. The summed E-state index contributed by atoms with van der Waals surface area (Å²) in [6, 6.07) is 7.37. The van der Waals surface area contributed by atoms with Crippen molar-refractivity contribution in [2.24, 2.45) is 0 Å². The van der Waals surface area contributed by atoms with Crippen LogP contribution in [0.15, 0.2) is 30.3 Å². The normalized spacial score (nSPS) is 8.82. The van der Waals surface area contributed by atoms with Gasteiger partial charge in [-0.25, -0.2) is 4.79 Å². The molecule has 2 heteroatoms. The molecule has 0 radical (unpaired) electrons. The van der Waals surface area contributed by atoms with Gasteiger partial charge in [0.2, 0.25) is 0 Å². The lowest BCUT2D eigenvalue weighted by Crippen LogP contribution is -1.78. The smallest absolute Gasteiger partial charge is 0.120 e. The summed E-state index contributed by atoms with van der Waals surface area (Å²) in [5.41, 5.74) is 1.07. The van der Waals surface area contributed by atoms with E-state index in [1.54, 1.807) is 18.1 Å². The van der Waals surface area contributed by atoms with Crippen molar-refractivity contribution in [1.82, 2.24) is 0 Å². The first-order chi connectivity index (χ1) is 5.33. The summed E-state index contributed by atoms with van der Waals surface area (Å²) < 4.78 is 0. The van der Waals surface area contributed by atoms with E-state index in [9.17, 15) is 4.79 Å². The lowest BCUT2D eigenvalue weighted by atomic mass is 10.2. The van der Waals surface area contributed by atoms with Gasteiger partial charge in [0, 0.05) is 17.5 Å². The summed E-state index contributed by atoms with van der Waals surface area (Å²) in [5.74, 6) is 1.72. The zero-order chi connectivity index (χ0) is 8.10. The number of hydrogen-bond acceptors (Lipinski definition) is 1. The van der Waals surface area contributed by atoms with E-state index >= 15 is 0 Å². The third-order valence-electron chi connectivity index (χ3n) is 1.33. The fourth-order valence-electron chi connectivity index (χ4n) is 0.780. The summed E-state index contributed by atoms with van der Waals surface area (Å²) in [6.45, 7) is 0. The molecule has 1 aromatic rings. The average Bonchev–Trinajstić information content (AvgIpc) is 2.04. The van der Waals surface area contributed by atoms with Gasteiger partial charge in [-0.3, -0.25) is 0 Å². The lowest BCUT2D eigenvalue weighted by Gasteiger charge is -1.93. The molecule has 0 bridgehead atoms. The zero-order valence-corrected chi connectivity index (χ0v) is 6.64. The highest BCUT2D eigenvalue weighted by Crippen LogP contribution is 2.09. The van der Waals surface area contributed by atoms with Gasteiger partial charge in [0.15, 0.2) is 0 Å².